The first kappa shape index (κ1) is 19.7. The van der Waals surface area contributed by atoms with Crippen molar-refractivity contribution in [2.45, 2.75) is 6.42 Å². The van der Waals surface area contributed by atoms with Crippen LogP contribution in [0.3, 0.4) is 0 Å². The molecule has 0 amide bonds. The number of aromatic hydroxyl groups is 2. The van der Waals surface area contributed by atoms with Crippen LogP contribution in [0.25, 0.3) is 0 Å². The molecule has 0 saturated heterocycles. The standard InChI is InChI=1S/2C6H6O.C5H6O4/c2*7-6-4-2-1-3-5-6;1-3(5(8)9)2-4(6)7/h2*1-5,7H;1-2H2,(H,6,7)(H,8,9). The number of hydrogen-bond donors (Lipinski definition) is 4. The van der Waals surface area contributed by atoms with E-state index in [9.17, 15) is 9.59 Å². The molecule has 23 heavy (non-hydrogen) atoms. The highest BCUT2D eigenvalue weighted by Crippen LogP contribution is 2.03. The summed E-state index contributed by atoms with van der Waals surface area (Å²) in [6.07, 6.45) is -0.505. The van der Waals surface area contributed by atoms with Crippen molar-refractivity contribution in [1.82, 2.24) is 0 Å². The minimum Gasteiger partial charge on any atom is -0.508 e. The quantitative estimate of drug-likeness (QED) is 0.647. The average molecular weight is 318 g/mol. The van der Waals surface area contributed by atoms with Crippen LogP contribution >= 0.6 is 0 Å². The lowest BCUT2D eigenvalue weighted by molar-refractivity contribution is -0.139. The van der Waals surface area contributed by atoms with Crippen LogP contribution in [0.2, 0.25) is 0 Å². The maximum Gasteiger partial charge on any atom is 0.331 e. The van der Waals surface area contributed by atoms with Crippen molar-refractivity contribution in [2.75, 3.05) is 0 Å². The number of benzene rings is 2. The molecule has 0 aliphatic heterocycles. The summed E-state index contributed by atoms with van der Waals surface area (Å²) in [6, 6.07) is 17.4. The molecule has 2 rings (SSSR count). The number of phenols is 2. The Hall–Kier alpha value is -3.28. The maximum atomic E-state index is 9.87. The van der Waals surface area contributed by atoms with E-state index in [0.717, 1.165) is 0 Å². The lowest BCUT2D eigenvalue weighted by atomic mass is 10.2. The molecule has 0 atom stereocenters. The second-order valence-corrected chi connectivity index (χ2v) is 4.15. The van der Waals surface area contributed by atoms with Gasteiger partial charge in [-0.1, -0.05) is 43.0 Å². The number of carboxylic acid groups (broad SMARTS) is 2. The third kappa shape index (κ3) is 12.2. The summed E-state index contributed by atoms with van der Waals surface area (Å²) in [6.45, 7) is 3.01. The van der Waals surface area contributed by atoms with Gasteiger partial charge in [-0.25, -0.2) is 4.79 Å². The summed E-state index contributed by atoms with van der Waals surface area (Å²) in [5, 5.41) is 33.3. The van der Waals surface area contributed by atoms with Gasteiger partial charge in [0.1, 0.15) is 11.5 Å². The second kappa shape index (κ2) is 11.4. The van der Waals surface area contributed by atoms with Gasteiger partial charge in [-0.05, 0) is 24.3 Å². The van der Waals surface area contributed by atoms with Crippen molar-refractivity contribution in [2.24, 2.45) is 0 Å². The highest BCUT2D eigenvalue weighted by molar-refractivity contribution is 5.91. The highest BCUT2D eigenvalue weighted by Gasteiger charge is 2.07. The van der Waals surface area contributed by atoms with E-state index >= 15 is 0 Å². The molecule has 0 radical (unpaired) electrons. The molecule has 2 aromatic rings. The van der Waals surface area contributed by atoms with E-state index in [0.29, 0.717) is 11.5 Å². The van der Waals surface area contributed by atoms with Crippen LogP contribution in [-0.4, -0.2) is 32.4 Å². The summed E-state index contributed by atoms with van der Waals surface area (Å²) in [5.74, 6) is -1.80. The van der Waals surface area contributed by atoms with Gasteiger partial charge in [-0.2, -0.15) is 0 Å². The topological polar surface area (TPSA) is 115 Å². The summed E-state index contributed by atoms with van der Waals surface area (Å²) < 4.78 is 0. The second-order valence-electron chi connectivity index (χ2n) is 4.15. The zero-order valence-corrected chi connectivity index (χ0v) is 12.3. The van der Waals surface area contributed by atoms with Gasteiger partial charge < -0.3 is 20.4 Å². The Morgan fingerprint density at radius 2 is 1.13 bits per heavy atom. The van der Waals surface area contributed by atoms with E-state index in [-0.39, 0.29) is 5.57 Å². The molecular weight excluding hydrogens is 300 g/mol. The van der Waals surface area contributed by atoms with E-state index in [1.807, 2.05) is 12.1 Å². The number of para-hydroxylation sites is 2. The summed E-state index contributed by atoms with van der Waals surface area (Å²) in [5.41, 5.74) is -0.303. The fourth-order valence-corrected chi connectivity index (χ4v) is 1.11. The molecule has 122 valence electrons. The Bertz CT molecular complexity index is 570. The Labute approximate surface area is 133 Å². The molecule has 0 fully saturated rings. The third-order valence-electron chi connectivity index (χ3n) is 2.18. The SMILES string of the molecule is C=C(CC(=O)O)C(=O)O.Oc1ccccc1.Oc1ccccc1. The smallest absolute Gasteiger partial charge is 0.331 e. The average Bonchev–Trinajstić information content (AvgIpc) is 2.49. The van der Waals surface area contributed by atoms with E-state index in [1.54, 1.807) is 48.5 Å². The molecule has 0 aliphatic rings. The van der Waals surface area contributed by atoms with Gasteiger partial charge >= 0.3 is 11.9 Å². The van der Waals surface area contributed by atoms with Crippen molar-refractivity contribution >= 4 is 11.9 Å². The van der Waals surface area contributed by atoms with Gasteiger partial charge in [-0.15, -0.1) is 0 Å². The largest absolute Gasteiger partial charge is 0.508 e. The lowest BCUT2D eigenvalue weighted by Crippen LogP contribution is -2.04. The Kier molecular flexibility index (Phi) is 9.76. The van der Waals surface area contributed by atoms with Crippen LogP contribution in [-0.2, 0) is 9.59 Å². The number of aliphatic carboxylic acids is 2. The van der Waals surface area contributed by atoms with Gasteiger partial charge in [0.25, 0.3) is 0 Å². The van der Waals surface area contributed by atoms with Crippen molar-refractivity contribution < 1.29 is 30.0 Å². The molecule has 6 heteroatoms. The molecule has 0 heterocycles. The molecule has 0 aliphatic carbocycles. The first-order chi connectivity index (χ1) is 10.8. The van der Waals surface area contributed by atoms with Crippen molar-refractivity contribution in [1.29, 1.82) is 0 Å². The predicted molar refractivity (Wildman–Crippen MR) is 85.2 cm³/mol. The first-order valence-electron chi connectivity index (χ1n) is 6.43. The molecule has 6 nitrogen and oxygen atoms in total. The number of rotatable bonds is 3. The van der Waals surface area contributed by atoms with Crippen LogP contribution < -0.4 is 0 Å². The van der Waals surface area contributed by atoms with Crippen LogP contribution in [0.5, 0.6) is 11.5 Å². The van der Waals surface area contributed by atoms with E-state index in [1.165, 1.54) is 0 Å². The first-order valence-corrected chi connectivity index (χ1v) is 6.43. The molecule has 0 unspecified atom stereocenters. The molecule has 0 aromatic heterocycles. The van der Waals surface area contributed by atoms with Crippen molar-refractivity contribution in [3.05, 3.63) is 72.8 Å². The maximum absolute atomic E-state index is 9.87. The molecule has 0 spiro atoms. The third-order valence-corrected chi connectivity index (χ3v) is 2.18. The van der Waals surface area contributed by atoms with Crippen LogP contribution in [0.4, 0.5) is 0 Å². The Balaban J connectivity index is 0.000000318. The van der Waals surface area contributed by atoms with Crippen LogP contribution in [0.1, 0.15) is 6.42 Å². The minimum atomic E-state index is -1.27. The van der Waals surface area contributed by atoms with E-state index in [4.69, 9.17) is 20.4 Å². The van der Waals surface area contributed by atoms with E-state index < -0.39 is 18.4 Å². The van der Waals surface area contributed by atoms with Gasteiger partial charge in [0.2, 0.25) is 0 Å². The minimum absolute atomic E-state index is 0.303. The summed E-state index contributed by atoms with van der Waals surface area (Å²) in [4.78, 5) is 19.7. The normalized spacial score (nSPS) is 8.52. The van der Waals surface area contributed by atoms with Crippen molar-refractivity contribution in [3.63, 3.8) is 0 Å². The fourth-order valence-electron chi connectivity index (χ4n) is 1.11. The van der Waals surface area contributed by atoms with Gasteiger partial charge in [0.15, 0.2) is 0 Å². The number of phenolic OH excluding ortho intramolecular Hbond substituents is 2. The monoisotopic (exact) mass is 318 g/mol. The van der Waals surface area contributed by atoms with Gasteiger partial charge in [0, 0.05) is 5.57 Å². The lowest BCUT2D eigenvalue weighted by Gasteiger charge is -1.91. The molecule has 0 saturated carbocycles. The Morgan fingerprint density at radius 1 is 0.783 bits per heavy atom. The predicted octanol–water partition coefficient (Wildman–Crippen LogP) is 2.89. The molecule has 2 aromatic carbocycles. The Morgan fingerprint density at radius 3 is 1.26 bits per heavy atom. The zero-order valence-electron chi connectivity index (χ0n) is 12.3. The number of hydrogen-bond acceptors (Lipinski definition) is 4. The van der Waals surface area contributed by atoms with E-state index in [2.05, 4.69) is 6.58 Å². The van der Waals surface area contributed by atoms with Crippen LogP contribution in [0, 0.1) is 0 Å². The van der Waals surface area contributed by atoms with Crippen LogP contribution in [0.15, 0.2) is 72.8 Å². The molecule has 4 N–H and O–H groups in total. The molecule has 0 bridgehead atoms. The number of carbonyl (C=O) groups is 2. The number of carboxylic acids is 2. The fraction of sp³-hybridized carbons (Fsp3) is 0.0588. The van der Waals surface area contributed by atoms with Gasteiger partial charge in [0.05, 0.1) is 6.42 Å². The highest BCUT2D eigenvalue weighted by atomic mass is 16.4. The summed E-state index contributed by atoms with van der Waals surface area (Å²) >= 11 is 0. The summed E-state index contributed by atoms with van der Waals surface area (Å²) in [7, 11) is 0. The molecular formula is C17H18O6. The zero-order chi connectivity index (χ0) is 17.7. The van der Waals surface area contributed by atoms with Gasteiger partial charge in [-0.3, -0.25) is 4.79 Å². The van der Waals surface area contributed by atoms with Crippen molar-refractivity contribution in [3.8, 4) is 11.5 Å².